The number of ether oxygens (including phenoxy) is 3. The maximum Gasteiger partial charge on any atom is 0.261 e. The average Bonchev–Trinajstić information content (AvgIpc) is 3.32. The first-order valence-electron chi connectivity index (χ1n) is 8.41. The molecule has 0 spiro atoms. The van der Waals surface area contributed by atoms with Crippen molar-refractivity contribution in [2.24, 2.45) is 0 Å². The van der Waals surface area contributed by atoms with E-state index in [1.807, 2.05) is 30.3 Å². The molecule has 1 aliphatic heterocycles. The van der Waals surface area contributed by atoms with E-state index >= 15 is 0 Å². The van der Waals surface area contributed by atoms with Crippen LogP contribution in [0.5, 0.6) is 11.5 Å². The Balaban J connectivity index is 1.52. The molecule has 1 atom stereocenters. The molecule has 0 aliphatic carbocycles. The molecular formula is C19H23NO4S. The monoisotopic (exact) mass is 361 g/mol. The summed E-state index contributed by atoms with van der Waals surface area (Å²) < 4.78 is 16.2. The summed E-state index contributed by atoms with van der Waals surface area (Å²) in [4.78, 5) is 14.2. The van der Waals surface area contributed by atoms with Gasteiger partial charge in [-0.2, -0.15) is 0 Å². The average molecular weight is 361 g/mol. The van der Waals surface area contributed by atoms with Crippen molar-refractivity contribution in [3.8, 4) is 11.5 Å². The number of hydrogen-bond donors (Lipinski definition) is 1. The number of rotatable bonds is 7. The second-order valence-electron chi connectivity index (χ2n) is 5.90. The maximum absolute atomic E-state index is 12.3. The molecule has 5 nitrogen and oxygen atoms in total. The van der Waals surface area contributed by atoms with Crippen LogP contribution in [0.1, 0.15) is 39.1 Å². The van der Waals surface area contributed by atoms with E-state index in [0.29, 0.717) is 18.0 Å². The fourth-order valence-electron chi connectivity index (χ4n) is 2.89. The Bertz CT molecular complexity index is 722. The number of carbonyl (C=O) groups is 1. The second kappa shape index (κ2) is 8.36. The summed E-state index contributed by atoms with van der Waals surface area (Å²) in [5, 5.41) is 2.98. The van der Waals surface area contributed by atoms with Crippen molar-refractivity contribution in [1.82, 2.24) is 5.32 Å². The van der Waals surface area contributed by atoms with Crippen LogP contribution in [0, 0.1) is 0 Å². The van der Waals surface area contributed by atoms with E-state index in [0.717, 1.165) is 41.2 Å². The Morgan fingerprint density at radius 1 is 1.24 bits per heavy atom. The minimum absolute atomic E-state index is 0.0327. The van der Waals surface area contributed by atoms with Gasteiger partial charge in [0, 0.05) is 18.0 Å². The van der Waals surface area contributed by atoms with Gasteiger partial charge in [0.2, 0.25) is 0 Å². The topological polar surface area (TPSA) is 56.8 Å². The molecule has 2 heterocycles. The highest BCUT2D eigenvalue weighted by Gasteiger charge is 2.20. The molecule has 0 bridgehead atoms. The predicted molar refractivity (Wildman–Crippen MR) is 97.8 cm³/mol. The minimum atomic E-state index is -0.0327. The summed E-state index contributed by atoms with van der Waals surface area (Å²) in [6.07, 6.45) is 3.03. The number of amides is 1. The Hall–Kier alpha value is -2.05. The molecule has 134 valence electrons. The van der Waals surface area contributed by atoms with Gasteiger partial charge in [-0.1, -0.05) is 6.07 Å². The minimum Gasteiger partial charge on any atom is -0.493 e. The van der Waals surface area contributed by atoms with Gasteiger partial charge >= 0.3 is 0 Å². The van der Waals surface area contributed by atoms with Crippen molar-refractivity contribution in [2.75, 3.05) is 27.4 Å². The first-order valence-corrected chi connectivity index (χ1v) is 9.23. The second-order valence-corrected chi connectivity index (χ2v) is 7.01. The zero-order chi connectivity index (χ0) is 17.6. The zero-order valence-corrected chi connectivity index (χ0v) is 15.4. The van der Waals surface area contributed by atoms with Crippen LogP contribution in [0.25, 0.3) is 0 Å². The van der Waals surface area contributed by atoms with Crippen molar-refractivity contribution >= 4 is 17.2 Å². The van der Waals surface area contributed by atoms with Crippen molar-refractivity contribution in [1.29, 1.82) is 0 Å². The lowest BCUT2D eigenvalue weighted by molar-refractivity contribution is 0.0958. The van der Waals surface area contributed by atoms with E-state index in [1.165, 1.54) is 11.3 Å². The van der Waals surface area contributed by atoms with E-state index in [1.54, 1.807) is 14.2 Å². The fraction of sp³-hybridized carbons (Fsp3) is 0.421. The molecule has 0 radical (unpaired) electrons. The highest BCUT2D eigenvalue weighted by atomic mass is 32.1. The lowest BCUT2D eigenvalue weighted by Gasteiger charge is -2.10. The van der Waals surface area contributed by atoms with E-state index in [2.05, 4.69) is 5.32 Å². The van der Waals surface area contributed by atoms with Gasteiger partial charge in [-0.05, 0) is 49.1 Å². The third kappa shape index (κ3) is 4.32. The van der Waals surface area contributed by atoms with Gasteiger partial charge in [0.05, 0.1) is 25.2 Å². The van der Waals surface area contributed by atoms with Gasteiger partial charge in [0.15, 0.2) is 11.5 Å². The van der Waals surface area contributed by atoms with E-state index < -0.39 is 0 Å². The van der Waals surface area contributed by atoms with Crippen LogP contribution >= 0.6 is 11.3 Å². The molecule has 1 fully saturated rings. The first kappa shape index (κ1) is 17.8. The van der Waals surface area contributed by atoms with Crippen LogP contribution < -0.4 is 14.8 Å². The quantitative estimate of drug-likeness (QED) is 0.819. The van der Waals surface area contributed by atoms with E-state index in [9.17, 15) is 4.79 Å². The molecule has 1 saturated heterocycles. The zero-order valence-electron chi connectivity index (χ0n) is 14.5. The van der Waals surface area contributed by atoms with Crippen molar-refractivity contribution in [2.45, 2.75) is 25.4 Å². The summed E-state index contributed by atoms with van der Waals surface area (Å²) in [6, 6.07) is 9.68. The van der Waals surface area contributed by atoms with Crippen LogP contribution in [0.15, 0.2) is 30.3 Å². The largest absolute Gasteiger partial charge is 0.493 e. The predicted octanol–water partition coefficient (Wildman–Crippen LogP) is 3.59. The lowest BCUT2D eigenvalue weighted by atomic mass is 10.1. The SMILES string of the molecule is COc1ccc(CCNC(=O)c2ccc([C@@H]3CCCO3)s2)cc1OC. The third-order valence-electron chi connectivity index (χ3n) is 4.24. The maximum atomic E-state index is 12.3. The van der Waals surface area contributed by atoms with Gasteiger partial charge in [0.25, 0.3) is 5.91 Å². The molecule has 6 heteroatoms. The summed E-state index contributed by atoms with van der Waals surface area (Å²) in [7, 11) is 3.23. The standard InChI is InChI=1S/C19H23NO4S/c1-22-14-6-5-13(12-16(14)23-2)9-10-20-19(21)18-8-7-17(25-18)15-4-3-11-24-15/h5-8,12,15H,3-4,9-11H2,1-2H3,(H,20,21)/t15-/m0/s1. The van der Waals surface area contributed by atoms with Gasteiger partial charge < -0.3 is 19.5 Å². The van der Waals surface area contributed by atoms with Crippen LogP contribution in [0.4, 0.5) is 0 Å². The van der Waals surface area contributed by atoms with Crippen molar-refractivity contribution in [3.63, 3.8) is 0 Å². The molecule has 25 heavy (non-hydrogen) atoms. The molecule has 0 unspecified atom stereocenters. The highest BCUT2D eigenvalue weighted by Crippen LogP contribution is 2.33. The molecule has 0 saturated carbocycles. The fourth-order valence-corrected chi connectivity index (χ4v) is 3.90. The van der Waals surface area contributed by atoms with Gasteiger partial charge in [-0.25, -0.2) is 0 Å². The number of thiophene rings is 1. The number of carbonyl (C=O) groups excluding carboxylic acids is 1. The van der Waals surface area contributed by atoms with Crippen LogP contribution in [-0.4, -0.2) is 33.3 Å². The number of benzene rings is 1. The molecule has 1 N–H and O–H groups in total. The van der Waals surface area contributed by atoms with Crippen molar-refractivity contribution < 1.29 is 19.0 Å². The molecule has 1 amide bonds. The molecule has 1 aromatic heterocycles. The lowest BCUT2D eigenvalue weighted by Crippen LogP contribution is -2.24. The van der Waals surface area contributed by atoms with Crippen LogP contribution in [0.2, 0.25) is 0 Å². The van der Waals surface area contributed by atoms with E-state index in [-0.39, 0.29) is 12.0 Å². The first-order chi connectivity index (χ1) is 12.2. The number of methoxy groups -OCH3 is 2. The van der Waals surface area contributed by atoms with Gasteiger partial charge in [-0.15, -0.1) is 11.3 Å². The normalized spacial score (nSPS) is 16.6. The Morgan fingerprint density at radius 3 is 2.80 bits per heavy atom. The molecule has 3 rings (SSSR count). The summed E-state index contributed by atoms with van der Waals surface area (Å²) in [6.45, 7) is 1.39. The molecule has 1 aliphatic rings. The Labute approximate surface area is 151 Å². The summed E-state index contributed by atoms with van der Waals surface area (Å²) >= 11 is 1.52. The number of nitrogens with one attached hydrogen (secondary N) is 1. The van der Waals surface area contributed by atoms with Crippen LogP contribution in [0.3, 0.4) is 0 Å². The van der Waals surface area contributed by atoms with Crippen LogP contribution in [-0.2, 0) is 11.2 Å². The highest BCUT2D eigenvalue weighted by molar-refractivity contribution is 7.14. The molecule has 1 aromatic carbocycles. The summed E-state index contributed by atoms with van der Waals surface area (Å²) in [5.74, 6) is 1.37. The smallest absolute Gasteiger partial charge is 0.261 e. The summed E-state index contributed by atoms with van der Waals surface area (Å²) in [5.41, 5.74) is 1.09. The molecular weight excluding hydrogens is 338 g/mol. The Kier molecular flexibility index (Phi) is 5.94. The Morgan fingerprint density at radius 2 is 2.08 bits per heavy atom. The van der Waals surface area contributed by atoms with Crippen molar-refractivity contribution in [3.05, 3.63) is 45.6 Å². The third-order valence-corrected chi connectivity index (χ3v) is 5.42. The van der Waals surface area contributed by atoms with E-state index in [4.69, 9.17) is 14.2 Å². The molecule has 2 aromatic rings. The van der Waals surface area contributed by atoms with Gasteiger partial charge in [0.1, 0.15) is 0 Å². The number of hydrogen-bond acceptors (Lipinski definition) is 5. The van der Waals surface area contributed by atoms with Gasteiger partial charge in [-0.3, -0.25) is 4.79 Å².